The molecule has 5 nitrogen and oxygen atoms in total. The van der Waals surface area contributed by atoms with Crippen LogP contribution >= 0.6 is 0 Å². The number of fused-ring (bicyclic) bond motifs is 1. The molecule has 1 atom stereocenters. The molecule has 0 radical (unpaired) electrons. The van der Waals surface area contributed by atoms with Crippen molar-refractivity contribution in [1.29, 1.82) is 0 Å². The first-order valence-corrected chi connectivity index (χ1v) is 7.78. The number of halogens is 1. The summed E-state index contributed by atoms with van der Waals surface area (Å²) in [6, 6.07) is 10.8. The lowest BCUT2D eigenvalue weighted by Crippen LogP contribution is -2.28. The zero-order valence-electron chi connectivity index (χ0n) is 13.9. The largest absolute Gasteiger partial charge is 0.497 e. The molecule has 0 saturated heterocycles. The lowest BCUT2D eigenvalue weighted by molar-refractivity contribution is 0.0890. The van der Waals surface area contributed by atoms with Crippen LogP contribution in [0.4, 0.5) is 4.39 Å². The van der Waals surface area contributed by atoms with E-state index >= 15 is 0 Å². The Morgan fingerprint density at radius 1 is 1.28 bits per heavy atom. The number of hydrogen-bond donors (Lipinski definition) is 2. The number of carbonyl (C=O) groups is 1. The van der Waals surface area contributed by atoms with Crippen molar-refractivity contribution >= 4 is 16.9 Å². The van der Waals surface area contributed by atoms with Gasteiger partial charge in [-0.05, 0) is 42.8 Å². The fraction of sp³-hybridized carbons (Fsp3) is 0.211. The number of hydrogen-bond acceptors (Lipinski definition) is 4. The number of carbonyl (C=O) groups excluding carboxylic acids is 1. The van der Waals surface area contributed by atoms with Gasteiger partial charge in [0.15, 0.2) is 5.76 Å². The number of amides is 1. The first-order chi connectivity index (χ1) is 12.0. The van der Waals surface area contributed by atoms with Crippen LogP contribution in [-0.2, 0) is 0 Å². The Bertz CT molecular complexity index is 902. The minimum Gasteiger partial charge on any atom is -0.497 e. The second-order valence-electron chi connectivity index (χ2n) is 5.70. The summed E-state index contributed by atoms with van der Waals surface area (Å²) in [5, 5.41) is 13.5. The Morgan fingerprint density at radius 3 is 2.68 bits per heavy atom. The summed E-state index contributed by atoms with van der Waals surface area (Å²) in [6.07, 6.45) is -0.936. The highest BCUT2D eigenvalue weighted by molar-refractivity contribution is 5.99. The van der Waals surface area contributed by atoms with Gasteiger partial charge in [-0.15, -0.1) is 0 Å². The molecule has 0 saturated carbocycles. The monoisotopic (exact) mass is 343 g/mol. The Hall–Kier alpha value is -2.86. The summed E-state index contributed by atoms with van der Waals surface area (Å²) in [5.41, 5.74) is 1.80. The van der Waals surface area contributed by atoms with Crippen LogP contribution in [0.25, 0.3) is 11.0 Å². The molecule has 1 unspecified atom stereocenters. The number of nitrogens with one attached hydrogen (secondary N) is 1. The second-order valence-corrected chi connectivity index (χ2v) is 5.70. The van der Waals surface area contributed by atoms with E-state index in [1.807, 2.05) is 0 Å². The van der Waals surface area contributed by atoms with Crippen LogP contribution in [0.3, 0.4) is 0 Å². The molecule has 1 heterocycles. The number of rotatable bonds is 5. The lowest BCUT2D eigenvalue weighted by Gasteiger charge is -2.11. The Kier molecular flexibility index (Phi) is 4.72. The molecule has 0 bridgehead atoms. The average molecular weight is 343 g/mol. The topological polar surface area (TPSA) is 71.7 Å². The standard InChI is InChI=1S/C19H18FNO4/c1-11-15-9-14(24-2)7-8-17(15)25-18(11)19(23)21-10-16(22)12-3-5-13(20)6-4-12/h3-9,16,22H,10H2,1-2H3,(H,21,23). The fourth-order valence-electron chi connectivity index (χ4n) is 2.62. The molecule has 6 heteroatoms. The van der Waals surface area contributed by atoms with Crippen molar-refractivity contribution in [3.05, 3.63) is 65.2 Å². The third-order valence-corrected chi connectivity index (χ3v) is 4.06. The van der Waals surface area contributed by atoms with Gasteiger partial charge in [-0.2, -0.15) is 0 Å². The highest BCUT2D eigenvalue weighted by atomic mass is 19.1. The zero-order valence-corrected chi connectivity index (χ0v) is 13.9. The van der Waals surface area contributed by atoms with Gasteiger partial charge in [0.1, 0.15) is 17.1 Å². The number of aliphatic hydroxyl groups is 1. The number of aliphatic hydroxyl groups excluding tert-OH is 1. The van der Waals surface area contributed by atoms with Crippen molar-refractivity contribution < 1.29 is 23.4 Å². The maximum atomic E-state index is 12.9. The van der Waals surface area contributed by atoms with Gasteiger partial charge in [0.2, 0.25) is 0 Å². The quantitative estimate of drug-likeness (QED) is 0.745. The molecule has 1 aromatic heterocycles. The molecule has 0 aliphatic carbocycles. The van der Waals surface area contributed by atoms with Gasteiger partial charge < -0.3 is 19.6 Å². The van der Waals surface area contributed by atoms with Crippen LogP contribution in [0.5, 0.6) is 5.75 Å². The minimum atomic E-state index is -0.936. The number of aryl methyl sites for hydroxylation is 1. The zero-order chi connectivity index (χ0) is 18.0. The molecule has 3 rings (SSSR count). The van der Waals surface area contributed by atoms with E-state index in [4.69, 9.17) is 9.15 Å². The van der Waals surface area contributed by atoms with Gasteiger partial charge in [0.25, 0.3) is 5.91 Å². The van der Waals surface area contributed by atoms with Gasteiger partial charge >= 0.3 is 0 Å². The highest BCUT2D eigenvalue weighted by Crippen LogP contribution is 2.28. The molecular weight excluding hydrogens is 325 g/mol. The van der Waals surface area contributed by atoms with Gasteiger partial charge in [0.05, 0.1) is 13.2 Å². The summed E-state index contributed by atoms with van der Waals surface area (Å²) in [4.78, 5) is 12.4. The minimum absolute atomic E-state index is 0.00965. The molecule has 0 aliphatic heterocycles. The molecule has 25 heavy (non-hydrogen) atoms. The molecule has 0 fully saturated rings. The highest BCUT2D eigenvalue weighted by Gasteiger charge is 2.19. The SMILES string of the molecule is COc1ccc2oc(C(=O)NCC(O)c3ccc(F)cc3)c(C)c2c1. The lowest BCUT2D eigenvalue weighted by atomic mass is 10.1. The number of methoxy groups -OCH3 is 1. The Labute approximate surface area is 144 Å². The Morgan fingerprint density at radius 2 is 2.00 bits per heavy atom. The Balaban J connectivity index is 1.73. The third-order valence-electron chi connectivity index (χ3n) is 4.06. The maximum Gasteiger partial charge on any atom is 0.287 e. The normalized spacial score (nSPS) is 12.2. The van der Waals surface area contributed by atoms with Gasteiger partial charge in [-0.3, -0.25) is 4.79 Å². The summed E-state index contributed by atoms with van der Waals surface area (Å²) >= 11 is 0. The summed E-state index contributed by atoms with van der Waals surface area (Å²) in [6.45, 7) is 1.78. The van der Waals surface area contributed by atoms with E-state index in [0.29, 0.717) is 22.5 Å². The van der Waals surface area contributed by atoms with Crippen LogP contribution in [0.2, 0.25) is 0 Å². The predicted octanol–water partition coefficient (Wildman–Crippen LogP) is 3.35. The molecule has 3 aromatic rings. The molecular formula is C19H18FNO4. The summed E-state index contributed by atoms with van der Waals surface area (Å²) < 4.78 is 23.7. The number of benzene rings is 2. The molecule has 0 aliphatic rings. The number of furan rings is 1. The van der Waals surface area contributed by atoms with Crippen LogP contribution in [0, 0.1) is 12.7 Å². The van der Waals surface area contributed by atoms with E-state index in [9.17, 15) is 14.3 Å². The maximum absolute atomic E-state index is 12.9. The van der Waals surface area contributed by atoms with E-state index in [1.165, 1.54) is 24.3 Å². The van der Waals surface area contributed by atoms with Crippen LogP contribution < -0.4 is 10.1 Å². The van der Waals surface area contributed by atoms with Crippen LogP contribution in [0.1, 0.15) is 27.8 Å². The molecule has 2 aromatic carbocycles. The van der Waals surface area contributed by atoms with Crippen molar-refractivity contribution in [2.45, 2.75) is 13.0 Å². The van der Waals surface area contributed by atoms with Crippen molar-refractivity contribution in [3.63, 3.8) is 0 Å². The summed E-state index contributed by atoms with van der Waals surface area (Å²) in [5.74, 6) is 0.0618. The molecule has 2 N–H and O–H groups in total. The van der Waals surface area contributed by atoms with Gasteiger partial charge in [0, 0.05) is 17.5 Å². The third kappa shape index (κ3) is 3.49. The number of ether oxygens (including phenoxy) is 1. The first kappa shape index (κ1) is 17.0. The van der Waals surface area contributed by atoms with E-state index in [0.717, 1.165) is 5.39 Å². The van der Waals surface area contributed by atoms with Crippen molar-refractivity contribution in [2.75, 3.05) is 13.7 Å². The predicted molar refractivity (Wildman–Crippen MR) is 91.2 cm³/mol. The van der Waals surface area contributed by atoms with Crippen molar-refractivity contribution in [2.24, 2.45) is 0 Å². The summed E-state index contributed by atoms with van der Waals surface area (Å²) in [7, 11) is 1.57. The van der Waals surface area contributed by atoms with Crippen molar-refractivity contribution in [1.82, 2.24) is 5.32 Å². The fourth-order valence-corrected chi connectivity index (χ4v) is 2.62. The molecule has 1 amide bonds. The second kappa shape index (κ2) is 6.94. The molecule has 0 spiro atoms. The van der Waals surface area contributed by atoms with E-state index in [2.05, 4.69) is 5.32 Å². The van der Waals surface area contributed by atoms with E-state index in [1.54, 1.807) is 32.2 Å². The van der Waals surface area contributed by atoms with Crippen LogP contribution in [-0.4, -0.2) is 24.7 Å². The van der Waals surface area contributed by atoms with Gasteiger partial charge in [-0.25, -0.2) is 4.39 Å². The van der Waals surface area contributed by atoms with Gasteiger partial charge in [-0.1, -0.05) is 12.1 Å². The molecule has 130 valence electrons. The van der Waals surface area contributed by atoms with Crippen molar-refractivity contribution in [3.8, 4) is 5.75 Å². The smallest absolute Gasteiger partial charge is 0.287 e. The van der Waals surface area contributed by atoms with E-state index in [-0.39, 0.29) is 18.1 Å². The van der Waals surface area contributed by atoms with E-state index < -0.39 is 12.0 Å². The first-order valence-electron chi connectivity index (χ1n) is 7.78. The average Bonchev–Trinajstić information content (AvgIpc) is 2.96. The van der Waals surface area contributed by atoms with Crippen LogP contribution in [0.15, 0.2) is 46.9 Å².